The van der Waals surface area contributed by atoms with Crippen molar-refractivity contribution in [3.63, 3.8) is 0 Å². The lowest BCUT2D eigenvalue weighted by molar-refractivity contribution is 0.102. The van der Waals surface area contributed by atoms with Gasteiger partial charge in [-0.15, -0.1) is 0 Å². The molecule has 1 aromatic carbocycles. The Balaban J connectivity index is 2.24. The van der Waals surface area contributed by atoms with Gasteiger partial charge in [-0.3, -0.25) is 9.59 Å². The van der Waals surface area contributed by atoms with Crippen LogP contribution in [0.4, 0.5) is 5.69 Å². The standard InChI is InChI=1S/C13H11BrN2O2/c1-8-5-6-10(9(14)7-8)16-13(18)11-3-2-4-12(17)15-11/h2-7H,1H3,(H,15,17)(H,16,18). The first kappa shape index (κ1) is 12.6. The van der Waals surface area contributed by atoms with Crippen LogP contribution in [0.1, 0.15) is 16.1 Å². The fraction of sp³-hybridized carbons (Fsp3) is 0.0769. The molecule has 18 heavy (non-hydrogen) atoms. The van der Waals surface area contributed by atoms with Gasteiger partial charge in [0.1, 0.15) is 5.69 Å². The molecule has 0 spiro atoms. The second-order valence-corrected chi connectivity index (χ2v) is 4.72. The molecular formula is C13H11BrN2O2. The highest BCUT2D eigenvalue weighted by Gasteiger charge is 2.08. The fourth-order valence-corrected chi connectivity index (χ4v) is 2.08. The average molecular weight is 307 g/mol. The molecule has 1 amide bonds. The van der Waals surface area contributed by atoms with Crippen LogP contribution in [-0.4, -0.2) is 10.9 Å². The number of aryl methyl sites for hydroxylation is 1. The van der Waals surface area contributed by atoms with E-state index in [0.29, 0.717) is 5.69 Å². The minimum absolute atomic E-state index is 0.231. The van der Waals surface area contributed by atoms with E-state index in [9.17, 15) is 9.59 Å². The molecule has 0 aliphatic rings. The Morgan fingerprint density at radius 1 is 1.28 bits per heavy atom. The minimum atomic E-state index is -0.350. The Hall–Kier alpha value is -1.88. The molecule has 0 saturated carbocycles. The predicted octanol–water partition coefficient (Wildman–Crippen LogP) is 2.70. The second kappa shape index (κ2) is 5.18. The van der Waals surface area contributed by atoms with Gasteiger partial charge in [0.2, 0.25) is 5.56 Å². The van der Waals surface area contributed by atoms with E-state index in [4.69, 9.17) is 0 Å². The smallest absolute Gasteiger partial charge is 0.272 e. The molecule has 5 heteroatoms. The SMILES string of the molecule is Cc1ccc(NC(=O)c2cccc(=O)[nH]2)c(Br)c1. The van der Waals surface area contributed by atoms with Crippen LogP contribution >= 0.6 is 15.9 Å². The summed E-state index contributed by atoms with van der Waals surface area (Å²) in [6, 6.07) is 10.1. The first-order valence-electron chi connectivity index (χ1n) is 5.33. The summed E-state index contributed by atoms with van der Waals surface area (Å²) >= 11 is 3.38. The summed E-state index contributed by atoms with van der Waals surface area (Å²) in [5.74, 6) is -0.350. The van der Waals surface area contributed by atoms with Crippen LogP contribution in [0.2, 0.25) is 0 Å². The van der Waals surface area contributed by atoms with E-state index in [-0.39, 0.29) is 17.2 Å². The zero-order chi connectivity index (χ0) is 13.1. The van der Waals surface area contributed by atoms with E-state index >= 15 is 0 Å². The van der Waals surface area contributed by atoms with Crippen LogP contribution in [0.25, 0.3) is 0 Å². The first-order chi connectivity index (χ1) is 8.56. The van der Waals surface area contributed by atoms with Gasteiger partial charge in [-0.05, 0) is 46.6 Å². The molecule has 0 fully saturated rings. The maximum absolute atomic E-state index is 11.9. The third-order valence-electron chi connectivity index (χ3n) is 2.39. The van der Waals surface area contributed by atoms with Crippen LogP contribution in [-0.2, 0) is 0 Å². The Kier molecular flexibility index (Phi) is 3.62. The summed E-state index contributed by atoms with van der Waals surface area (Å²) in [5, 5.41) is 2.72. The van der Waals surface area contributed by atoms with Crippen molar-refractivity contribution >= 4 is 27.5 Å². The minimum Gasteiger partial charge on any atom is -0.320 e. The number of carbonyl (C=O) groups is 1. The van der Waals surface area contributed by atoms with Crippen molar-refractivity contribution in [3.8, 4) is 0 Å². The number of hydrogen-bond acceptors (Lipinski definition) is 2. The van der Waals surface area contributed by atoms with Crippen molar-refractivity contribution in [2.45, 2.75) is 6.92 Å². The molecule has 1 aromatic heterocycles. The summed E-state index contributed by atoms with van der Waals surface area (Å²) in [6.07, 6.45) is 0. The third-order valence-corrected chi connectivity index (χ3v) is 3.04. The summed E-state index contributed by atoms with van der Waals surface area (Å²) in [7, 11) is 0. The Morgan fingerprint density at radius 2 is 2.06 bits per heavy atom. The zero-order valence-electron chi connectivity index (χ0n) is 9.66. The van der Waals surface area contributed by atoms with Gasteiger partial charge in [-0.1, -0.05) is 12.1 Å². The summed E-state index contributed by atoms with van der Waals surface area (Å²) in [5.41, 5.74) is 1.68. The molecule has 0 radical (unpaired) electrons. The van der Waals surface area contributed by atoms with Crippen LogP contribution in [0, 0.1) is 6.92 Å². The number of amides is 1. The molecule has 0 aliphatic carbocycles. The maximum Gasteiger partial charge on any atom is 0.272 e. The Bertz CT molecular complexity index is 649. The van der Waals surface area contributed by atoms with Crippen LogP contribution in [0.5, 0.6) is 0 Å². The molecule has 2 aromatic rings. The lowest BCUT2D eigenvalue weighted by Gasteiger charge is -2.07. The van der Waals surface area contributed by atoms with Crippen molar-refractivity contribution in [2.75, 3.05) is 5.32 Å². The van der Waals surface area contributed by atoms with Gasteiger partial charge >= 0.3 is 0 Å². The van der Waals surface area contributed by atoms with Gasteiger partial charge in [0.15, 0.2) is 0 Å². The molecule has 4 nitrogen and oxygen atoms in total. The quantitative estimate of drug-likeness (QED) is 0.896. The van der Waals surface area contributed by atoms with Gasteiger partial charge in [-0.2, -0.15) is 0 Å². The number of pyridine rings is 1. The number of aromatic nitrogens is 1. The van der Waals surface area contributed by atoms with Crippen LogP contribution < -0.4 is 10.9 Å². The average Bonchev–Trinajstić information content (AvgIpc) is 2.32. The lowest BCUT2D eigenvalue weighted by atomic mass is 10.2. The van der Waals surface area contributed by atoms with E-state index in [1.54, 1.807) is 12.1 Å². The van der Waals surface area contributed by atoms with Crippen molar-refractivity contribution in [1.29, 1.82) is 0 Å². The number of rotatable bonds is 2. The van der Waals surface area contributed by atoms with Gasteiger partial charge in [-0.25, -0.2) is 0 Å². The van der Waals surface area contributed by atoms with E-state index in [2.05, 4.69) is 26.2 Å². The van der Waals surface area contributed by atoms with Gasteiger partial charge in [0.05, 0.1) is 5.69 Å². The largest absolute Gasteiger partial charge is 0.320 e. The zero-order valence-corrected chi connectivity index (χ0v) is 11.2. The number of benzene rings is 1. The summed E-state index contributed by atoms with van der Waals surface area (Å²) in [4.78, 5) is 25.5. The molecule has 2 rings (SSSR count). The lowest BCUT2D eigenvalue weighted by Crippen LogP contribution is -2.18. The molecule has 0 bridgehead atoms. The number of nitrogens with one attached hydrogen (secondary N) is 2. The molecule has 0 atom stereocenters. The van der Waals surface area contributed by atoms with Crippen LogP contribution in [0.3, 0.4) is 0 Å². The maximum atomic E-state index is 11.9. The highest BCUT2D eigenvalue weighted by atomic mass is 79.9. The normalized spacial score (nSPS) is 10.1. The number of hydrogen-bond donors (Lipinski definition) is 2. The van der Waals surface area contributed by atoms with E-state index < -0.39 is 0 Å². The molecule has 0 aliphatic heterocycles. The first-order valence-corrected chi connectivity index (χ1v) is 6.12. The summed E-state index contributed by atoms with van der Waals surface area (Å²) < 4.78 is 0.800. The molecule has 0 unspecified atom stereocenters. The van der Waals surface area contributed by atoms with E-state index in [1.807, 2.05) is 19.1 Å². The molecule has 92 valence electrons. The predicted molar refractivity (Wildman–Crippen MR) is 73.9 cm³/mol. The van der Waals surface area contributed by atoms with Crippen molar-refractivity contribution in [2.24, 2.45) is 0 Å². The van der Waals surface area contributed by atoms with Crippen LogP contribution in [0.15, 0.2) is 45.7 Å². The Labute approximate surface area is 112 Å². The van der Waals surface area contributed by atoms with Crippen molar-refractivity contribution in [3.05, 3.63) is 62.5 Å². The molecular weight excluding hydrogens is 296 g/mol. The number of halogens is 1. The number of H-pyrrole nitrogens is 1. The molecule has 1 heterocycles. The van der Waals surface area contributed by atoms with Crippen molar-refractivity contribution in [1.82, 2.24) is 4.98 Å². The van der Waals surface area contributed by atoms with Gasteiger partial charge in [0.25, 0.3) is 5.91 Å². The van der Waals surface area contributed by atoms with Gasteiger partial charge in [0, 0.05) is 10.5 Å². The number of anilines is 1. The number of carbonyl (C=O) groups excluding carboxylic acids is 1. The van der Waals surface area contributed by atoms with Crippen molar-refractivity contribution < 1.29 is 4.79 Å². The highest BCUT2D eigenvalue weighted by molar-refractivity contribution is 9.10. The Morgan fingerprint density at radius 3 is 2.72 bits per heavy atom. The molecule has 0 saturated heterocycles. The summed E-state index contributed by atoms with van der Waals surface area (Å²) in [6.45, 7) is 1.96. The van der Waals surface area contributed by atoms with E-state index in [1.165, 1.54) is 12.1 Å². The fourth-order valence-electron chi connectivity index (χ4n) is 1.49. The van der Waals surface area contributed by atoms with E-state index in [0.717, 1.165) is 10.0 Å². The molecule has 2 N–H and O–H groups in total. The highest BCUT2D eigenvalue weighted by Crippen LogP contribution is 2.23. The van der Waals surface area contributed by atoms with Gasteiger partial charge < -0.3 is 10.3 Å². The third kappa shape index (κ3) is 2.87. The topological polar surface area (TPSA) is 62.0 Å². The number of aromatic amines is 1. The second-order valence-electron chi connectivity index (χ2n) is 3.87. The monoisotopic (exact) mass is 306 g/mol.